The molecule has 8 aromatic rings. The van der Waals surface area contributed by atoms with Crippen molar-refractivity contribution in [2.45, 2.75) is 11.5 Å². The fraction of sp³-hybridized carbons (Fsp3) is 0.0513. The van der Waals surface area contributed by atoms with E-state index in [2.05, 4.69) is 57.9 Å². The maximum Gasteiger partial charge on any atom is 0.188 e. The summed E-state index contributed by atoms with van der Waals surface area (Å²) in [5, 5.41) is 4.23. The van der Waals surface area contributed by atoms with Gasteiger partial charge in [0.25, 0.3) is 0 Å². The quantitative estimate of drug-likeness (QED) is 0.186. The van der Waals surface area contributed by atoms with E-state index in [9.17, 15) is 8.42 Å². The van der Waals surface area contributed by atoms with E-state index >= 15 is 0 Å². The van der Waals surface area contributed by atoms with Crippen molar-refractivity contribution >= 4 is 59.3 Å². The Balaban J connectivity index is 1.22. The molecule has 0 saturated heterocycles. The molecule has 0 saturated carbocycles. The number of para-hydroxylation sites is 2. The number of benzene rings is 6. The van der Waals surface area contributed by atoms with Gasteiger partial charge in [0.05, 0.1) is 29.1 Å². The van der Waals surface area contributed by atoms with Gasteiger partial charge >= 0.3 is 0 Å². The van der Waals surface area contributed by atoms with E-state index in [4.69, 9.17) is 11.0 Å². The van der Waals surface area contributed by atoms with E-state index in [1.54, 1.807) is 0 Å². The van der Waals surface area contributed by atoms with Gasteiger partial charge in [-0.15, -0.1) is 0 Å². The highest BCUT2D eigenvalue weighted by molar-refractivity contribution is 7.89. The Morgan fingerprint density at radius 3 is 2.22 bits per heavy atom. The average molecular weight is 601 g/mol. The van der Waals surface area contributed by atoms with Crippen LogP contribution in [0.5, 0.6) is 0 Å². The summed E-state index contributed by atoms with van der Waals surface area (Å²) >= 11 is 0. The number of furan rings is 1. The summed E-state index contributed by atoms with van der Waals surface area (Å²) in [4.78, 5) is 3.65. The molecule has 0 bridgehead atoms. The van der Waals surface area contributed by atoms with Gasteiger partial charge in [0.2, 0.25) is 0 Å². The van der Waals surface area contributed by atoms with Crippen LogP contribution in [0, 0.1) is 6.57 Å². The van der Waals surface area contributed by atoms with Gasteiger partial charge in [-0.3, -0.25) is 0 Å². The van der Waals surface area contributed by atoms with Gasteiger partial charge in [0.15, 0.2) is 15.5 Å². The lowest BCUT2D eigenvalue weighted by molar-refractivity contribution is 0.595. The number of hydrogen-bond donors (Lipinski definition) is 0. The molecular formula is C39H24N2O3S. The van der Waals surface area contributed by atoms with E-state index in [1.165, 1.54) is 0 Å². The molecule has 0 unspecified atom stereocenters. The van der Waals surface area contributed by atoms with Gasteiger partial charge in [-0.05, 0) is 93.4 Å². The summed E-state index contributed by atoms with van der Waals surface area (Å²) in [5.74, 6) is -0.0407. The van der Waals surface area contributed by atoms with E-state index in [1.807, 2.05) is 72.8 Å². The Labute approximate surface area is 259 Å². The Morgan fingerprint density at radius 1 is 0.600 bits per heavy atom. The van der Waals surface area contributed by atoms with Crippen LogP contribution in [-0.4, -0.2) is 13.0 Å². The van der Waals surface area contributed by atoms with Crippen LogP contribution in [0.1, 0.15) is 11.1 Å². The van der Waals surface area contributed by atoms with Crippen molar-refractivity contribution in [3.63, 3.8) is 0 Å². The van der Waals surface area contributed by atoms with Crippen LogP contribution >= 0.6 is 0 Å². The maximum absolute atomic E-state index is 13.4. The van der Waals surface area contributed by atoms with Gasteiger partial charge in [0, 0.05) is 21.8 Å². The number of fused-ring (bicyclic) bond motifs is 9. The summed E-state index contributed by atoms with van der Waals surface area (Å²) in [6.45, 7) is 7.52. The van der Waals surface area contributed by atoms with Gasteiger partial charge in [-0.25, -0.2) is 13.3 Å². The summed E-state index contributed by atoms with van der Waals surface area (Å²) in [7, 11) is -3.39. The first kappa shape index (κ1) is 25.8. The first-order valence-corrected chi connectivity index (χ1v) is 16.6. The molecule has 6 heteroatoms. The molecule has 2 aromatic heterocycles. The minimum Gasteiger partial charge on any atom is -0.456 e. The summed E-state index contributed by atoms with van der Waals surface area (Å²) in [5.41, 5.74) is 10.6. The third-order valence-electron chi connectivity index (χ3n) is 9.00. The molecule has 214 valence electrons. The molecule has 1 aliphatic heterocycles. The van der Waals surface area contributed by atoms with Gasteiger partial charge in [-0.1, -0.05) is 66.7 Å². The normalized spacial score (nSPS) is 13.9. The minimum atomic E-state index is -3.39. The lowest BCUT2D eigenvalue weighted by Gasteiger charge is -2.14. The Hall–Kier alpha value is -5.64. The monoisotopic (exact) mass is 600 g/mol. The number of rotatable bonds is 2. The van der Waals surface area contributed by atoms with E-state index in [0.29, 0.717) is 5.69 Å². The fourth-order valence-electron chi connectivity index (χ4n) is 6.97. The summed E-state index contributed by atoms with van der Waals surface area (Å²) in [6.07, 6.45) is 0. The Bertz CT molecular complexity index is 2690. The lowest BCUT2D eigenvalue weighted by atomic mass is 9.93. The molecule has 0 amide bonds. The van der Waals surface area contributed by atoms with Gasteiger partial charge < -0.3 is 8.98 Å². The zero-order chi connectivity index (χ0) is 30.3. The number of nitrogens with zero attached hydrogens (tertiary/aromatic N) is 2. The molecule has 5 nitrogen and oxygen atoms in total. The molecule has 3 heterocycles. The molecule has 0 fully saturated rings. The van der Waals surface area contributed by atoms with Crippen molar-refractivity contribution in [1.29, 1.82) is 0 Å². The second kappa shape index (κ2) is 9.43. The van der Waals surface area contributed by atoms with Crippen LogP contribution in [0.2, 0.25) is 0 Å². The Kier molecular flexibility index (Phi) is 5.41. The maximum atomic E-state index is 13.4. The topological polar surface area (TPSA) is 56.6 Å². The van der Waals surface area contributed by atoms with E-state index in [-0.39, 0.29) is 11.5 Å². The third-order valence-corrected chi connectivity index (χ3v) is 10.5. The van der Waals surface area contributed by atoms with Crippen molar-refractivity contribution in [1.82, 2.24) is 4.57 Å². The van der Waals surface area contributed by atoms with Crippen LogP contribution < -0.4 is 0 Å². The largest absolute Gasteiger partial charge is 0.456 e. The second-order valence-electron chi connectivity index (χ2n) is 11.7. The van der Waals surface area contributed by atoms with Crippen molar-refractivity contribution in [2.75, 3.05) is 0 Å². The first-order chi connectivity index (χ1) is 22.0. The predicted octanol–water partition coefficient (Wildman–Crippen LogP) is 10.00. The SMILES string of the molecule is [C-]#[N+]c1ccc2c(c1)c1ccccc1n2-c1ccc2c(c1)-c1ccc(-c3ccc4c(c3)oc3ccccc34)cc1CS(=O)(=O)C2. The standard InChI is InChI=1S/C39H24N2O3S/c1-40-28-13-17-37-35(20-28)31-6-2-4-8-36(31)41(37)29-14-10-26-22-45(42,43)23-27-18-24(11-15-30(27)34(26)21-29)25-12-16-33-32-7-3-5-9-38(32)44-39(33)19-25/h2-21H,22-23H2. The van der Waals surface area contributed by atoms with E-state index in [0.717, 1.165) is 82.8 Å². The van der Waals surface area contributed by atoms with Crippen LogP contribution in [0.15, 0.2) is 126 Å². The molecular weight excluding hydrogens is 577 g/mol. The van der Waals surface area contributed by atoms with Crippen LogP contribution in [0.4, 0.5) is 5.69 Å². The molecule has 1 aliphatic rings. The molecule has 0 aliphatic carbocycles. The summed E-state index contributed by atoms with van der Waals surface area (Å²) in [6, 6.07) is 40.4. The molecule has 0 N–H and O–H groups in total. The molecule has 45 heavy (non-hydrogen) atoms. The molecule has 0 spiro atoms. The predicted molar refractivity (Wildman–Crippen MR) is 182 cm³/mol. The highest BCUT2D eigenvalue weighted by Gasteiger charge is 2.25. The lowest BCUT2D eigenvalue weighted by Crippen LogP contribution is -2.05. The molecule has 9 rings (SSSR count). The van der Waals surface area contributed by atoms with Crippen LogP contribution in [0.3, 0.4) is 0 Å². The van der Waals surface area contributed by atoms with Crippen LogP contribution in [-0.2, 0) is 21.3 Å². The van der Waals surface area contributed by atoms with Gasteiger partial charge in [0.1, 0.15) is 11.2 Å². The van der Waals surface area contributed by atoms with Crippen molar-refractivity contribution in [2.24, 2.45) is 0 Å². The fourth-order valence-corrected chi connectivity index (χ4v) is 8.51. The zero-order valence-corrected chi connectivity index (χ0v) is 24.8. The average Bonchev–Trinajstić information content (AvgIpc) is 3.56. The molecule has 0 radical (unpaired) electrons. The minimum absolute atomic E-state index is 0.0148. The van der Waals surface area contributed by atoms with Crippen molar-refractivity contribution in [3.8, 4) is 27.9 Å². The zero-order valence-electron chi connectivity index (χ0n) is 24.0. The summed E-state index contributed by atoms with van der Waals surface area (Å²) < 4.78 is 35.1. The number of hydrogen-bond acceptors (Lipinski definition) is 3. The number of sulfone groups is 1. The Morgan fingerprint density at radius 2 is 1.33 bits per heavy atom. The second-order valence-corrected chi connectivity index (χ2v) is 13.8. The van der Waals surface area contributed by atoms with Gasteiger partial charge in [-0.2, -0.15) is 0 Å². The molecule has 0 atom stereocenters. The van der Waals surface area contributed by atoms with Crippen LogP contribution in [0.25, 0.3) is 76.5 Å². The van der Waals surface area contributed by atoms with E-state index < -0.39 is 9.84 Å². The highest BCUT2D eigenvalue weighted by atomic mass is 32.2. The van der Waals surface area contributed by atoms with Crippen molar-refractivity contribution < 1.29 is 12.8 Å². The smallest absolute Gasteiger partial charge is 0.188 e. The number of aromatic nitrogens is 1. The molecule has 6 aromatic carbocycles. The highest BCUT2D eigenvalue weighted by Crippen LogP contribution is 2.40. The van der Waals surface area contributed by atoms with Crippen molar-refractivity contribution in [3.05, 3.63) is 144 Å². The first-order valence-electron chi connectivity index (χ1n) is 14.8. The third kappa shape index (κ3) is 4.02.